The molecule has 6 heterocycles. The van der Waals surface area contributed by atoms with Crippen LogP contribution in [0.15, 0.2) is 45.1 Å². The van der Waals surface area contributed by atoms with Crippen LogP contribution in [-0.4, -0.2) is 128 Å². The molecule has 4 amide bonds. The number of aromatic carboxylic acids is 1. The van der Waals surface area contributed by atoms with Gasteiger partial charge in [-0.2, -0.15) is 0 Å². The predicted octanol–water partition coefficient (Wildman–Crippen LogP) is 19.2. The maximum atomic E-state index is 13.0. The summed E-state index contributed by atoms with van der Waals surface area (Å²) >= 11 is 5.29. The van der Waals surface area contributed by atoms with Crippen LogP contribution in [0.4, 0.5) is 9.59 Å². The van der Waals surface area contributed by atoms with E-state index < -0.39 is 52.3 Å². The number of Topliss-reactive ketones (excluding diaryl/α,β-unsaturated/α-hetero) is 5. The van der Waals surface area contributed by atoms with E-state index in [1.165, 1.54) is 72.7 Å². The highest BCUT2D eigenvalue weighted by atomic mass is 32.1. The number of rotatable bonds is 21. The molecule has 0 unspecified atom stereocenters. The summed E-state index contributed by atoms with van der Waals surface area (Å²) < 4.78 is 11.0. The molecule has 2 aliphatic carbocycles. The van der Waals surface area contributed by atoms with Crippen LogP contribution in [0.2, 0.25) is 0 Å². The number of likely N-dealkylation sites (tertiary alicyclic amines) is 2. The van der Waals surface area contributed by atoms with Crippen molar-refractivity contribution < 1.29 is 62.5 Å². The fraction of sp³-hybridized carbons (Fsp3) is 0.634. The number of carboxylic acid groups (broad SMARTS) is 1. The van der Waals surface area contributed by atoms with E-state index in [9.17, 15) is 47.9 Å². The first-order valence-electron chi connectivity index (χ1n) is 26.8. The molecule has 8 rings (SSSR count). The zero-order valence-corrected chi connectivity index (χ0v) is 50.2. The van der Waals surface area contributed by atoms with Crippen molar-refractivity contribution in [2.45, 2.75) is 304 Å². The molecular weight excluding hydrogens is 1300 g/mol. The Hall–Kier alpha value is -6.70. The fourth-order valence-corrected chi connectivity index (χ4v) is 12.2. The van der Waals surface area contributed by atoms with Gasteiger partial charge in [-0.25, -0.2) is 34.3 Å². The normalized spacial score (nSPS) is 15.9. The third-order valence-corrected chi connectivity index (χ3v) is 17.1. The maximum Gasteiger partial charge on any atom is 0.414 e. The molecule has 96 heavy (non-hydrogen) atoms. The molecule has 4 aliphatic rings. The lowest BCUT2D eigenvalue weighted by Crippen LogP contribution is -2.44. The molecule has 25 heteroatoms. The van der Waals surface area contributed by atoms with Gasteiger partial charge in [0.2, 0.25) is 11.8 Å². The Morgan fingerprint density at radius 1 is 0.531 bits per heavy atom. The minimum Gasteiger partial charge on any atom is -0.476 e. The van der Waals surface area contributed by atoms with Crippen molar-refractivity contribution in [3.8, 4) is 21.4 Å². The average Bonchev–Trinajstić information content (AvgIpc) is 1.70. The van der Waals surface area contributed by atoms with E-state index in [2.05, 4.69) is 30.6 Å². The Balaban J connectivity index is -0.000000195. The highest BCUT2D eigenvalue weighted by molar-refractivity contribution is 7.14. The van der Waals surface area contributed by atoms with E-state index >= 15 is 0 Å². The molecule has 4 aromatic heterocycles. The summed E-state index contributed by atoms with van der Waals surface area (Å²) in [7, 11) is 0. The molecule has 2 aliphatic heterocycles. The number of ether oxygens (including phenoxy) is 2. The van der Waals surface area contributed by atoms with Crippen LogP contribution in [0.3, 0.4) is 0 Å². The highest BCUT2D eigenvalue weighted by Crippen LogP contribution is 2.40. The highest BCUT2D eigenvalue weighted by Gasteiger charge is 2.52. The van der Waals surface area contributed by atoms with Crippen molar-refractivity contribution in [2.24, 2.45) is 0 Å². The number of nitrogens with one attached hydrogen (secondary N) is 2. The summed E-state index contributed by atoms with van der Waals surface area (Å²) in [4.78, 5) is 145. The van der Waals surface area contributed by atoms with Crippen molar-refractivity contribution in [1.82, 2.24) is 40.4 Å². The van der Waals surface area contributed by atoms with Crippen LogP contribution in [0.1, 0.15) is 288 Å². The van der Waals surface area contributed by atoms with Crippen LogP contribution in [0.5, 0.6) is 0 Å². The topological polar surface area (TPSA) is 291 Å². The number of hydrogen-bond acceptors (Lipinski definition) is 20. The van der Waals surface area contributed by atoms with E-state index in [1.807, 2.05) is 19.2 Å². The molecule has 4 fully saturated rings. The summed E-state index contributed by atoms with van der Waals surface area (Å²) in [5.41, 5.74) is -0.698. The SMILES string of the molecule is C.C.C.C.C.C.C.C.C.C.C.C.C.C.C.CCC(=O)c1csc(-c2csc(CCC(=O)CC(=O)C3(NC(=O)/C=C4/CC[C@H](C)N4C(=O)OC(C)(C)C)CC3)n2)n1.C[C@H]1CC/C(=C/C(=O)NC2(C(=O)CC(=O)CCc3nc(-c4nc(C(=O)O)cs4)cs3)CC2)N1C(=O)OC(C)(C)C. The molecule has 2 atom stereocenters. The first-order chi connectivity index (χ1) is 38.1. The van der Waals surface area contributed by atoms with Crippen molar-refractivity contribution in [3.63, 3.8) is 0 Å². The standard InChI is InChI=1S/C29H36N4O6S2.C27H32N4O7S2.15CH4/c1-6-22(35)20-15-41-26(31-20)21-16-40-25(30-21)10-9-19(34)14-23(36)29(11-12-29)32-24(37)13-18-8-7-17(2)33(18)27(38)39-28(3,4)5;1-15-5-6-16(31(15)25(37)38-26(2,3)4)11-21(34)30-27(9-10-27)20(33)12-17(32)7-8-22-28-18(13-39-22)23-29-19(14-40-23)24(35)36;;;;;;;;;;;;;;;/h13,15-17H,6-12,14H2,1-5H3,(H,32,37);11,13-15H,5-10,12H2,1-4H3,(H,30,34)(H,35,36);15*1H4/b18-13-;16-11-;;;;;;;;;;;;;;;/t17-;15-;;;;;;;;;;;;;;;/m00.............../s1. The van der Waals surface area contributed by atoms with Gasteiger partial charge in [0.25, 0.3) is 0 Å². The summed E-state index contributed by atoms with van der Waals surface area (Å²) in [6, 6.07) is -0.211. The molecule has 2 saturated carbocycles. The summed E-state index contributed by atoms with van der Waals surface area (Å²) in [6.07, 6.45) is 6.94. The van der Waals surface area contributed by atoms with Crippen molar-refractivity contribution in [1.29, 1.82) is 0 Å². The first-order valence-corrected chi connectivity index (χ1v) is 30.3. The van der Waals surface area contributed by atoms with Gasteiger partial charge in [-0.3, -0.25) is 43.4 Å². The minimum atomic E-state index is -1.11. The Morgan fingerprint density at radius 2 is 0.865 bits per heavy atom. The van der Waals surface area contributed by atoms with Gasteiger partial charge < -0.3 is 25.2 Å². The lowest BCUT2D eigenvalue weighted by atomic mass is 10.0. The molecular formula is C71H128N8O13S4. The van der Waals surface area contributed by atoms with Gasteiger partial charge in [-0.15, -0.1) is 45.3 Å². The Kier molecular flexibility index (Phi) is 50.6. The van der Waals surface area contributed by atoms with Gasteiger partial charge in [-0.1, -0.05) is 118 Å². The number of thiazole rings is 4. The third kappa shape index (κ3) is 29.2. The van der Waals surface area contributed by atoms with Crippen LogP contribution in [0.25, 0.3) is 21.4 Å². The van der Waals surface area contributed by atoms with Gasteiger partial charge in [0, 0.05) is 89.3 Å². The second-order valence-electron chi connectivity index (χ2n) is 22.6. The lowest BCUT2D eigenvalue weighted by Gasteiger charge is -2.28. The number of amides is 4. The number of nitrogens with zero attached hydrogens (tertiary/aromatic N) is 6. The number of allylic oxidation sites excluding steroid dienone is 2. The molecule has 0 bridgehead atoms. The fourth-order valence-electron chi connectivity index (χ4n) is 8.93. The smallest absolute Gasteiger partial charge is 0.414 e. The zero-order valence-electron chi connectivity index (χ0n) is 46.9. The number of carboxylic acids is 1. The van der Waals surface area contributed by atoms with Crippen LogP contribution in [0, 0.1) is 0 Å². The second-order valence-corrected chi connectivity index (χ2v) is 26.2. The monoisotopic (exact) mass is 1430 g/mol. The van der Waals surface area contributed by atoms with Gasteiger partial charge in [0.05, 0.1) is 33.9 Å². The number of ketones is 5. The molecule has 2 saturated heterocycles. The molecule has 0 aromatic carbocycles. The number of aromatic nitrogens is 4. The summed E-state index contributed by atoms with van der Waals surface area (Å²) in [5, 5.41) is 24.0. The van der Waals surface area contributed by atoms with Gasteiger partial charge in [-0.05, 0) is 107 Å². The average molecular weight is 1430 g/mol. The van der Waals surface area contributed by atoms with E-state index in [-0.39, 0.29) is 184 Å². The number of carbonyl (C=O) groups is 10. The number of carbonyl (C=O) groups excluding carboxylic acids is 9. The van der Waals surface area contributed by atoms with Crippen LogP contribution < -0.4 is 10.6 Å². The van der Waals surface area contributed by atoms with Crippen LogP contribution in [-0.2, 0) is 51.1 Å². The van der Waals surface area contributed by atoms with Crippen LogP contribution >= 0.6 is 45.3 Å². The predicted molar refractivity (Wildman–Crippen MR) is 405 cm³/mol. The molecule has 0 spiro atoms. The largest absolute Gasteiger partial charge is 0.476 e. The van der Waals surface area contributed by atoms with E-state index in [1.54, 1.807) is 59.2 Å². The molecule has 554 valence electrons. The Morgan fingerprint density at radius 3 is 1.17 bits per heavy atom. The van der Waals surface area contributed by atoms with Gasteiger partial charge >= 0.3 is 18.2 Å². The van der Waals surface area contributed by atoms with E-state index in [0.717, 1.165) is 5.01 Å². The Bertz CT molecular complexity index is 3170. The van der Waals surface area contributed by atoms with E-state index in [0.29, 0.717) is 114 Å². The van der Waals surface area contributed by atoms with Crippen molar-refractivity contribution >= 4 is 104 Å². The van der Waals surface area contributed by atoms with Crippen molar-refractivity contribution in [3.05, 3.63) is 66.5 Å². The second kappa shape index (κ2) is 45.0. The molecule has 0 radical (unpaired) electrons. The summed E-state index contributed by atoms with van der Waals surface area (Å²) in [5.74, 6) is -3.13. The minimum absolute atomic E-state index is 0. The number of hydrogen-bond donors (Lipinski definition) is 3. The Labute approximate surface area is 596 Å². The number of aryl methyl sites for hydroxylation is 2. The van der Waals surface area contributed by atoms with E-state index in [4.69, 9.17) is 14.6 Å². The lowest BCUT2D eigenvalue weighted by molar-refractivity contribution is -0.131. The zero-order chi connectivity index (χ0) is 59.2. The van der Waals surface area contributed by atoms with Crippen molar-refractivity contribution in [2.75, 3.05) is 0 Å². The quantitative estimate of drug-likeness (QED) is 0.0397. The van der Waals surface area contributed by atoms with Gasteiger partial charge in [0.15, 0.2) is 23.0 Å². The third-order valence-electron chi connectivity index (χ3n) is 13.5. The molecule has 3 N–H and O–H groups in total. The molecule has 4 aromatic rings. The van der Waals surface area contributed by atoms with Gasteiger partial charge in [0.1, 0.15) is 49.9 Å². The maximum absolute atomic E-state index is 13.0. The first kappa shape index (κ1) is 108. The summed E-state index contributed by atoms with van der Waals surface area (Å²) in [6.45, 7) is 16.3. The molecule has 21 nitrogen and oxygen atoms in total.